The number of nitrogens with two attached hydrogens (primary N) is 1. The Bertz CT molecular complexity index is 1110. The van der Waals surface area contributed by atoms with E-state index in [9.17, 15) is 19.5 Å². The molecule has 0 bridgehead atoms. The highest BCUT2D eigenvalue weighted by molar-refractivity contribution is 6.16. The predicted molar refractivity (Wildman–Crippen MR) is 103 cm³/mol. The molecule has 3 aromatic rings. The van der Waals surface area contributed by atoms with Gasteiger partial charge in [-0.1, -0.05) is 48.5 Å². The van der Waals surface area contributed by atoms with E-state index in [0.29, 0.717) is 16.6 Å². The van der Waals surface area contributed by atoms with Gasteiger partial charge in [-0.25, -0.2) is 10.9 Å². The van der Waals surface area contributed by atoms with Crippen molar-refractivity contribution in [2.75, 3.05) is 0 Å². The summed E-state index contributed by atoms with van der Waals surface area (Å²) in [4.78, 5) is 41.5. The lowest BCUT2D eigenvalue weighted by atomic mass is 10.1. The van der Waals surface area contributed by atoms with E-state index in [2.05, 4.69) is 4.98 Å². The summed E-state index contributed by atoms with van der Waals surface area (Å²) in [5, 5.41) is 10.8. The van der Waals surface area contributed by atoms with Gasteiger partial charge in [0.2, 0.25) is 0 Å². The molecule has 28 heavy (non-hydrogen) atoms. The molecule has 1 aromatic heterocycles. The number of allylic oxidation sites excluding steroid dienone is 1. The first-order chi connectivity index (χ1) is 13.4. The van der Waals surface area contributed by atoms with Crippen LogP contribution in [0.4, 0.5) is 0 Å². The maximum absolute atomic E-state index is 12.7. The summed E-state index contributed by atoms with van der Waals surface area (Å²) in [6.07, 6.45) is 0.737. The smallest absolute Gasteiger partial charge is 0.310 e. The molecule has 0 atom stereocenters. The van der Waals surface area contributed by atoms with Crippen molar-refractivity contribution < 1.29 is 19.5 Å². The van der Waals surface area contributed by atoms with Crippen LogP contribution in [0.25, 0.3) is 10.9 Å². The molecule has 3 N–H and O–H groups in total. The first kappa shape index (κ1) is 18.9. The standard InChI is InChI=1S/C21H17N3O4/c1-13-11-16(15-9-5-6-10-17(15)23-13)20(27)24(22)21(28)19(26)12-18(25)14-7-3-2-4-8-14/h2-12,26H,22H2,1H3/b19-12-. The zero-order valence-electron chi connectivity index (χ0n) is 15.0. The molecule has 0 unspecified atom stereocenters. The molecule has 0 spiro atoms. The van der Waals surface area contributed by atoms with E-state index in [-0.39, 0.29) is 16.1 Å². The number of rotatable bonds is 4. The van der Waals surface area contributed by atoms with Crippen LogP contribution in [-0.4, -0.2) is 32.7 Å². The number of benzene rings is 2. The Kier molecular flexibility index (Phi) is 5.28. The first-order valence-electron chi connectivity index (χ1n) is 8.38. The minimum Gasteiger partial charge on any atom is -0.503 e. The van der Waals surface area contributed by atoms with Crippen molar-refractivity contribution in [2.45, 2.75) is 6.92 Å². The molecule has 1 heterocycles. The van der Waals surface area contributed by atoms with Crippen molar-refractivity contribution in [3.05, 3.63) is 89.3 Å². The fraction of sp³-hybridized carbons (Fsp3) is 0.0476. The van der Waals surface area contributed by atoms with Crippen LogP contribution < -0.4 is 5.84 Å². The largest absolute Gasteiger partial charge is 0.503 e. The van der Waals surface area contributed by atoms with E-state index >= 15 is 0 Å². The van der Waals surface area contributed by atoms with Crippen LogP contribution in [0.3, 0.4) is 0 Å². The molecule has 7 heteroatoms. The van der Waals surface area contributed by atoms with E-state index < -0.39 is 23.4 Å². The molecular formula is C21H17N3O4. The average molecular weight is 375 g/mol. The summed E-state index contributed by atoms with van der Waals surface area (Å²) >= 11 is 0. The molecule has 140 valence electrons. The van der Waals surface area contributed by atoms with Crippen LogP contribution in [0.1, 0.15) is 26.4 Å². The minimum atomic E-state index is -1.19. The molecule has 2 aromatic carbocycles. The summed E-state index contributed by atoms with van der Waals surface area (Å²) in [7, 11) is 0. The number of imide groups is 1. The summed E-state index contributed by atoms with van der Waals surface area (Å²) in [6, 6.07) is 16.5. The highest BCUT2D eigenvalue weighted by Gasteiger charge is 2.25. The molecule has 0 fully saturated rings. The maximum Gasteiger partial charge on any atom is 0.310 e. The number of hydrogen-bond donors (Lipinski definition) is 2. The molecule has 7 nitrogen and oxygen atoms in total. The molecule has 2 amide bonds. The van der Waals surface area contributed by atoms with Gasteiger partial charge in [0.15, 0.2) is 11.5 Å². The third-order valence-corrected chi connectivity index (χ3v) is 4.06. The summed E-state index contributed by atoms with van der Waals surface area (Å²) in [5.74, 6) is 2.13. The number of carbonyl (C=O) groups is 3. The fourth-order valence-electron chi connectivity index (χ4n) is 2.70. The third-order valence-electron chi connectivity index (χ3n) is 4.06. The van der Waals surface area contributed by atoms with Gasteiger partial charge in [-0.3, -0.25) is 19.4 Å². The number of para-hydroxylation sites is 1. The number of hydrazine groups is 1. The highest BCUT2D eigenvalue weighted by Crippen LogP contribution is 2.19. The van der Waals surface area contributed by atoms with Crippen LogP contribution in [0.5, 0.6) is 0 Å². The number of aliphatic hydroxyl groups excluding tert-OH is 1. The second-order valence-electron chi connectivity index (χ2n) is 6.07. The van der Waals surface area contributed by atoms with Crippen molar-refractivity contribution in [2.24, 2.45) is 5.84 Å². The van der Waals surface area contributed by atoms with Crippen LogP contribution in [-0.2, 0) is 4.79 Å². The van der Waals surface area contributed by atoms with Crippen molar-refractivity contribution in [3.8, 4) is 0 Å². The number of amides is 2. The number of hydrogen-bond acceptors (Lipinski definition) is 6. The van der Waals surface area contributed by atoms with Crippen molar-refractivity contribution >= 4 is 28.5 Å². The second kappa shape index (κ2) is 7.81. The normalized spacial score (nSPS) is 11.3. The molecule has 0 radical (unpaired) electrons. The number of aryl methyl sites for hydroxylation is 1. The predicted octanol–water partition coefficient (Wildman–Crippen LogP) is 2.71. The van der Waals surface area contributed by atoms with Gasteiger partial charge in [-0.2, -0.15) is 0 Å². The summed E-state index contributed by atoms with van der Waals surface area (Å²) in [5.41, 5.74) is 1.60. The Morgan fingerprint density at radius 3 is 2.39 bits per heavy atom. The Balaban J connectivity index is 1.88. The van der Waals surface area contributed by atoms with Crippen molar-refractivity contribution in [3.63, 3.8) is 0 Å². The van der Waals surface area contributed by atoms with Crippen LogP contribution in [0, 0.1) is 6.92 Å². The Hall–Kier alpha value is -3.84. The van der Waals surface area contributed by atoms with Gasteiger partial charge in [0.25, 0.3) is 5.91 Å². The van der Waals surface area contributed by atoms with E-state index in [1.54, 1.807) is 49.4 Å². The first-order valence-corrected chi connectivity index (χ1v) is 8.38. The molecular weight excluding hydrogens is 358 g/mol. The number of fused-ring (bicyclic) bond motifs is 1. The number of pyridine rings is 1. The average Bonchev–Trinajstić information content (AvgIpc) is 2.71. The second-order valence-corrected chi connectivity index (χ2v) is 6.07. The van der Waals surface area contributed by atoms with Crippen LogP contribution >= 0.6 is 0 Å². The lowest BCUT2D eigenvalue weighted by Gasteiger charge is -2.16. The third kappa shape index (κ3) is 3.79. The topological polar surface area (TPSA) is 114 Å². The molecule has 0 saturated heterocycles. The quantitative estimate of drug-likeness (QED) is 0.181. The van der Waals surface area contributed by atoms with Crippen LogP contribution in [0.15, 0.2) is 72.5 Å². The van der Waals surface area contributed by atoms with E-state index in [0.717, 1.165) is 6.08 Å². The van der Waals surface area contributed by atoms with Crippen molar-refractivity contribution in [1.82, 2.24) is 9.99 Å². The van der Waals surface area contributed by atoms with Gasteiger partial charge in [-0.15, -0.1) is 0 Å². The van der Waals surface area contributed by atoms with E-state index in [4.69, 9.17) is 5.84 Å². The molecule has 0 aliphatic heterocycles. The maximum atomic E-state index is 12.7. The van der Waals surface area contributed by atoms with Gasteiger partial charge in [-0.05, 0) is 19.1 Å². The molecule has 0 aliphatic carbocycles. The molecule has 0 saturated carbocycles. The van der Waals surface area contributed by atoms with Gasteiger partial charge < -0.3 is 5.11 Å². The number of aromatic nitrogens is 1. The van der Waals surface area contributed by atoms with Gasteiger partial charge in [0, 0.05) is 22.7 Å². The van der Waals surface area contributed by atoms with E-state index in [1.807, 2.05) is 0 Å². The Labute approximate surface area is 160 Å². The number of carbonyl (C=O) groups excluding carboxylic acids is 3. The number of ketones is 1. The highest BCUT2D eigenvalue weighted by atomic mass is 16.3. The Morgan fingerprint density at radius 2 is 1.68 bits per heavy atom. The van der Waals surface area contributed by atoms with Gasteiger partial charge in [0.1, 0.15) is 0 Å². The fourth-order valence-corrected chi connectivity index (χ4v) is 2.70. The van der Waals surface area contributed by atoms with Crippen molar-refractivity contribution in [1.29, 1.82) is 0 Å². The lowest BCUT2D eigenvalue weighted by molar-refractivity contribution is -0.127. The van der Waals surface area contributed by atoms with Gasteiger partial charge >= 0.3 is 5.91 Å². The number of aliphatic hydroxyl groups is 1. The molecule has 3 rings (SSSR count). The SMILES string of the molecule is Cc1cc(C(=O)N(N)C(=O)/C(O)=C/C(=O)c2ccccc2)c2ccccc2n1. The van der Waals surface area contributed by atoms with E-state index in [1.165, 1.54) is 18.2 Å². The Morgan fingerprint density at radius 1 is 1.04 bits per heavy atom. The molecule has 0 aliphatic rings. The zero-order valence-corrected chi connectivity index (χ0v) is 15.0. The van der Waals surface area contributed by atoms with Crippen LogP contribution in [0.2, 0.25) is 0 Å². The minimum absolute atomic E-state index is 0.168. The lowest BCUT2D eigenvalue weighted by Crippen LogP contribution is -2.43. The van der Waals surface area contributed by atoms with Gasteiger partial charge in [0.05, 0.1) is 11.1 Å². The number of nitrogens with zero attached hydrogens (tertiary/aromatic N) is 2. The monoisotopic (exact) mass is 375 g/mol. The zero-order chi connectivity index (χ0) is 20.3. The summed E-state index contributed by atoms with van der Waals surface area (Å²) in [6.45, 7) is 1.71. The summed E-state index contributed by atoms with van der Waals surface area (Å²) < 4.78 is 0.